The van der Waals surface area contributed by atoms with E-state index < -0.39 is 35.1 Å². The monoisotopic (exact) mass is 650 g/mol. The van der Waals surface area contributed by atoms with Crippen LogP contribution in [0.1, 0.15) is 52.0 Å². The van der Waals surface area contributed by atoms with Crippen molar-refractivity contribution in [3.63, 3.8) is 0 Å². The second-order valence-electron chi connectivity index (χ2n) is 14.1. The van der Waals surface area contributed by atoms with Crippen LogP contribution in [0.3, 0.4) is 0 Å². The summed E-state index contributed by atoms with van der Waals surface area (Å²) in [6, 6.07) is 8.27. The first-order chi connectivity index (χ1) is 22.7. The summed E-state index contributed by atoms with van der Waals surface area (Å²) in [5, 5.41) is 10.7. The van der Waals surface area contributed by atoms with Crippen molar-refractivity contribution in [2.75, 3.05) is 59.1 Å². The largest absolute Gasteiger partial charge is 0.394 e. The number of nitrogens with zero attached hydrogens (tertiary/aromatic N) is 4. The molecule has 5 rings (SSSR count). The SMILES string of the molecule is C=CCN(CCN1CCOCC1)C(=O)C1N([C@@H](CO)CC(C)C)C(=O)[C@@H]2[C@@H](C(=O)N(CC=C)Cc3ccccc3)[C@@]3(CC)CCC12O3. The number of morpholine rings is 1. The Balaban J connectivity index is 1.54. The fourth-order valence-corrected chi connectivity index (χ4v) is 8.62. The normalized spacial score (nSPS) is 29.2. The van der Waals surface area contributed by atoms with E-state index in [0.29, 0.717) is 71.6 Å². The molecule has 6 atom stereocenters. The quantitative estimate of drug-likeness (QED) is 0.275. The number of benzene rings is 1. The fourth-order valence-electron chi connectivity index (χ4n) is 8.62. The van der Waals surface area contributed by atoms with Crippen molar-refractivity contribution >= 4 is 17.7 Å². The molecule has 1 aromatic carbocycles. The molecule has 4 saturated heterocycles. The Hall–Kier alpha value is -3.05. The van der Waals surface area contributed by atoms with Crippen molar-refractivity contribution in [3.8, 4) is 0 Å². The lowest BCUT2D eigenvalue weighted by Gasteiger charge is -2.40. The molecule has 0 radical (unpaired) electrons. The average molecular weight is 651 g/mol. The first-order valence-corrected chi connectivity index (χ1v) is 17.4. The number of fused-ring (bicyclic) bond motifs is 1. The van der Waals surface area contributed by atoms with Crippen LogP contribution in [0.4, 0.5) is 0 Å². The van der Waals surface area contributed by atoms with E-state index in [2.05, 4.69) is 18.1 Å². The molecule has 0 aromatic heterocycles. The van der Waals surface area contributed by atoms with E-state index in [1.807, 2.05) is 51.1 Å². The van der Waals surface area contributed by atoms with Crippen molar-refractivity contribution < 1.29 is 29.0 Å². The van der Waals surface area contributed by atoms with Gasteiger partial charge < -0.3 is 29.3 Å². The van der Waals surface area contributed by atoms with Gasteiger partial charge in [-0.25, -0.2) is 0 Å². The van der Waals surface area contributed by atoms with Crippen molar-refractivity contribution in [1.29, 1.82) is 0 Å². The van der Waals surface area contributed by atoms with Gasteiger partial charge in [-0.1, -0.05) is 63.3 Å². The Morgan fingerprint density at radius 2 is 1.74 bits per heavy atom. The third kappa shape index (κ3) is 6.67. The van der Waals surface area contributed by atoms with Gasteiger partial charge in [0.05, 0.1) is 43.3 Å². The summed E-state index contributed by atoms with van der Waals surface area (Å²) in [4.78, 5) is 52.0. The van der Waals surface area contributed by atoms with Gasteiger partial charge >= 0.3 is 0 Å². The number of amides is 3. The van der Waals surface area contributed by atoms with Crippen LogP contribution in [-0.4, -0.2) is 125 Å². The van der Waals surface area contributed by atoms with E-state index in [1.165, 1.54) is 0 Å². The van der Waals surface area contributed by atoms with E-state index in [9.17, 15) is 19.5 Å². The predicted octanol–water partition coefficient (Wildman–Crippen LogP) is 3.11. The third-order valence-corrected chi connectivity index (χ3v) is 10.8. The molecule has 1 N–H and O–H groups in total. The number of ether oxygens (including phenoxy) is 2. The molecule has 4 aliphatic rings. The molecule has 10 heteroatoms. The maximum Gasteiger partial charge on any atom is 0.248 e. The van der Waals surface area contributed by atoms with Gasteiger partial charge in [0.25, 0.3) is 0 Å². The number of aliphatic hydroxyl groups is 1. The van der Waals surface area contributed by atoms with E-state index in [1.54, 1.807) is 26.9 Å². The highest BCUT2D eigenvalue weighted by molar-refractivity contribution is 5.99. The van der Waals surface area contributed by atoms with Crippen molar-refractivity contribution in [2.45, 2.75) is 76.3 Å². The number of hydrogen-bond donors (Lipinski definition) is 1. The van der Waals surface area contributed by atoms with Gasteiger partial charge in [0.1, 0.15) is 11.6 Å². The van der Waals surface area contributed by atoms with Gasteiger partial charge in [0.2, 0.25) is 17.7 Å². The van der Waals surface area contributed by atoms with Crippen LogP contribution in [0, 0.1) is 17.8 Å². The zero-order valence-electron chi connectivity index (χ0n) is 28.5. The summed E-state index contributed by atoms with van der Waals surface area (Å²) >= 11 is 0. The van der Waals surface area contributed by atoms with Gasteiger partial charge in [-0.3, -0.25) is 19.3 Å². The molecule has 4 fully saturated rings. The molecule has 0 saturated carbocycles. The van der Waals surface area contributed by atoms with Gasteiger partial charge in [-0.2, -0.15) is 0 Å². The Labute approximate surface area is 280 Å². The molecule has 1 aromatic rings. The number of carbonyl (C=O) groups is 3. The van der Waals surface area contributed by atoms with Crippen LogP contribution < -0.4 is 0 Å². The van der Waals surface area contributed by atoms with Crippen LogP contribution in [0.25, 0.3) is 0 Å². The summed E-state index contributed by atoms with van der Waals surface area (Å²) in [5.74, 6) is -2.03. The van der Waals surface area contributed by atoms with Crippen LogP contribution in [0.2, 0.25) is 0 Å². The maximum atomic E-state index is 14.9. The van der Waals surface area contributed by atoms with Crippen LogP contribution in [-0.2, 0) is 30.4 Å². The van der Waals surface area contributed by atoms with Gasteiger partial charge in [-0.15, -0.1) is 13.2 Å². The minimum absolute atomic E-state index is 0.150. The molecule has 0 aliphatic carbocycles. The van der Waals surface area contributed by atoms with Crippen molar-refractivity contribution in [3.05, 3.63) is 61.2 Å². The second kappa shape index (κ2) is 15.0. The number of hydrogen-bond acceptors (Lipinski definition) is 7. The molecule has 4 aliphatic heterocycles. The first-order valence-electron chi connectivity index (χ1n) is 17.4. The Morgan fingerprint density at radius 3 is 2.36 bits per heavy atom. The number of carbonyl (C=O) groups excluding carboxylic acids is 3. The lowest BCUT2D eigenvalue weighted by Crippen LogP contribution is -2.59. The van der Waals surface area contributed by atoms with Crippen LogP contribution >= 0.6 is 0 Å². The number of likely N-dealkylation sites (tertiary alicyclic amines) is 1. The van der Waals surface area contributed by atoms with E-state index in [-0.39, 0.29) is 30.2 Å². The number of aliphatic hydroxyl groups excluding tert-OH is 1. The predicted molar refractivity (Wildman–Crippen MR) is 180 cm³/mol. The molecular formula is C37H54N4O6. The van der Waals surface area contributed by atoms with E-state index in [0.717, 1.165) is 18.7 Å². The molecule has 4 heterocycles. The minimum atomic E-state index is -1.17. The fraction of sp³-hybridized carbons (Fsp3) is 0.649. The van der Waals surface area contributed by atoms with Gasteiger partial charge in [-0.05, 0) is 37.2 Å². The number of rotatable bonds is 16. The summed E-state index contributed by atoms with van der Waals surface area (Å²) in [5.41, 5.74) is -1.04. The zero-order chi connectivity index (χ0) is 33.8. The average Bonchev–Trinajstić information content (AvgIpc) is 3.69. The molecule has 2 unspecified atom stereocenters. The highest BCUT2D eigenvalue weighted by Crippen LogP contribution is 2.65. The highest BCUT2D eigenvalue weighted by atomic mass is 16.5. The molecule has 258 valence electrons. The minimum Gasteiger partial charge on any atom is -0.394 e. The lowest BCUT2D eigenvalue weighted by atomic mass is 9.64. The summed E-state index contributed by atoms with van der Waals surface area (Å²) in [6.45, 7) is 18.8. The van der Waals surface area contributed by atoms with Crippen molar-refractivity contribution in [2.24, 2.45) is 17.8 Å². The summed E-state index contributed by atoms with van der Waals surface area (Å²) in [6.07, 6.45) is 5.58. The van der Waals surface area contributed by atoms with E-state index >= 15 is 0 Å². The van der Waals surface area contributed by atoms with Crippen LogP contribution in [0.15, 0.2) is 55.6 Å². The van der Waals surface area contributed by atoms with Crippen molar-refractivity contribution in [1.82, 2.24) is 19.6 Å². The first kappa shape index (κ1) is 35.3. The highest BCUT2D eigenvalue weighted by Gasteiger charge is 2.79. The summed E-state index contributed by atoms with van der Waals surface area (Å²) < 4.78 is 12.6. The maximum absolute atomic E-state index is 14.9. The molecule has 1 spiro atoms. The molecule has 2 bridgehead atoms. The Bertz CT molecular complexity index is 1280. The molecule has 10 nitrogen and oxygen atoms in total. The topological polar surface area (TPSA) is 103 Å². The molecule has 3 amide bonds. The Kier molecular flexibility index (Phi) is 11.3. The zero-order valence-corrected chi connectivity index (χ0v) is 28.5. The van der Waals surface area contributed by atoms with Gasteiger partial charge in [0, 0.05) is 45.8 Å². The van der Waals surface area contributed by atoms with Gasteiger partial charge in [0.15, 0.2) is 0 Å². The Morgan fingerprint density at radius 1 is 1.06 bits per heavy atom. The lowest BCUT2D eigenvalue weighted by molar-refractivity contribution is -0.158. The molecule has 47 heavy (non-hydrogen) atoms. The molecular weight excluding hydrogens is 596 g/mol. The third-order valence-electron chi connectivity index (χ3n) is 10.8. The standard InChI is InChI=1S/C37H54N4O6/c1-6-16-39(19-18-38-20-22-46-23-21-38)35(45)32-37-15-14-36(8-3,47-37)30(31(37)34(44)41(32)29(26-42)24-27(4)5)33(43)40(17-7-2)25-28-12-10-9-11-13-28/h6-7,9-13,27,29-32,42H,1-2,8,14-26H2,3-5H3/t29-,30+,31+,32?,36-,37?/m1/s1. The second-order valence-corrected chi connectivity index (χ2v) is 14.1. The smallest absolute Gasteiger partial charge is 0.248 e. The van der Waals surface area contributed by atoms with E-state index in [4.69, 9.17) is 9.47 Å². The summed E-state index contributed by atoms with van der Waals surface area (Å²) in [7, 11) is 0. The van der Waals surface area contributed by atoms with Crippen LogP contribution in [0.5, 0.6) is 0 Å².